The molecule has 0 amide bonds. The predicted octanol–water partition coefficient (Wildman–Crippen LogP) is 3.16. The first-order valence-corrected chi connectivity index (χ1v) is 8.01. The van der Waals surface area contributed by atoms with E-state index in [4.69, 9.17) is 0 Å². The van der Waals surface area contributed by atoms with Crippen LogP contribution in [-0.2, 0) is 26.4 Å². The van der Waals surface area contributed by atoms with Gasteiger partial charge in [-0.15, -0.1) is 11.3 Å². The van der Waals surface area contributed by atoms with Gasteiger partial charge in [0.15, 0.2) is 0 Å². The molecule has 0 fully saturated rings. The second-order valence-electron chi connectivity index (χ2n) is 4.99. The number of thiophene rings is 1. The summed E-state index contributed by atoms with van der Waals surface area (Å²) in [5, 5.41) is 9.01. The molecule has 0 atom stereocenters. The molecule has 6 heteroatoms. The Kier molecular flexibility index (Phi) is 3.88. The number of nitrogens with one attached hydrogen (secondary N) is 1. The molecule has 0 bridgehead atoms. The van der Waals surface area contributed by atoms with Crippen LogP contribution in [0.25, 0.3) is 10.2 Å². The van der Waals surface area contributed by atoms with Crippen molar-refractivity contribution in [3.8, 4) is 0 Å². The third-order valence-electron chi connectivity index (χ3n) is 3.50. The van der Waals surface area contributed by atoms with Gasteiger partial charge in [0.05, 0.1) is 11.1 Å². The maximum atomic E-state index is 4.47. The van der Waals surface area contributed by atoms with Crippen LogP contribution in [0.2, 0.25) is 0 Å². The fourth-order valence-electron chi connectivity index (χ4n) is 2.43. The Balaban J connectivity index is 1.86. The number of hydrogen-bond donors (Lipinski definition) is 1. The SMILES string of the molecule is CCc1cc2c(NCc3cn(C)nc3CC)ncnc2s1. The van der Waals surface area contributed by atoms with Crippen LogP contribution >= 0.6 is 11.3 Å². The lowest BCUT2D eigenvalue weighted by Crippen LogP contribution is -2.03. The lowest BCUT2D eigenvalue weighted by molar-refractivity contribution is 0.746. The Bertz CT molecular complexity index is 759. The number of rotatable bonds is 5. The van der Waals surface area contributed by atoms with Gasteiger partial charge in [-0.25, -0.2) is 9.97 Å². The zero-order chi connectivity index (χ0) is 14.8. The van der Waals surface area contributed by atoms with Crippen molar-refractivity contribution in [1.82, 2.24) is 19.7 Å². The molecule has 3 aromatic rings. The third-order valence-corrected chi connectivity index (χ3v) is 4.69. The monoisotopic (exact) mass is 301 g/mol. The van der Waals surface area contributed by atoms with E-state index in [2.05, 4.69) is 46.5 Å². The molecule has 0 spiro atoms. The van der Waals surface area contributed by atoms with Gasteiger partial charge in [-0.3, -0.25) is 4.68 Å². The van der Waals surface area contributed by atoms with Crippen molar-refractivity contribution in [2.75, 3.05) is 5.32 Å². The first kappa shape index (κ1) is 14.0. The second kappa shape index (κ2) is 5.81. The van der Waals surface area contributed by atoms with Crippen molar-refractivity contribution in [2.45, 2.75) is 33.2 Å². The van der Waals surface area contributed by atoms with Gasteiger partial charge in [0.25, 0.3) is 0 Å². The van der Waals surface area contributed by atoms with Crippen LogP contribution < -0.4 is 5.32 Å². The summed E-state index contributed by atoms with van der Waals surface area (Å²) in [5.41, 5.74) is 2.35. The van der Waals surface area contributed by atoms with Crippen molar-refractivity contribution in [3.05, 3.63) is 34.7 Å². The Morgan fingerprint density at radius 3 is 2.86 bits per heavy atom. The quantitative estimate of drug-likeness (QED) is 0.786. The van der Waals surface area contributed by atoms with E-state index >= 15 is 0 Å². The van der Waals surface area contributed by atoms with E-state index < -0.39 is 0 Å². The van der Waals surface area contributed by atoms with E-state index in [0.717, 1.165) is 41.1 Å². The predicted molar refractivity (Wildman–Crippen MR) is 86.7 cm³/mol. The molecule has 3 heterocycles. The first-order valence-electron chi connectivity index (χ1n) is 7.20. The van der Waals surface area contributed by atoms with Crippen LogP contribution in [0.5, 0.6) is 0 Å². The molecular formula is C15H19N5S. The van der Waals surface area contributed by atoms with Crippen molar-refractivity contribution in [2.24, 2.45) is 7.05 Å². The molecule has 3 aromatic heterocycles. The van der Waals surface area contributed by atoms with Gasteiger partial charge in [0, 0.05) is 30.2 Å². The van der Waals surface area contributed by atoms with Gasteiger partial charge in [0.1, 0.15) is 17.0 Å². The Morgan fingerprint density at radius 1 is 1.24 bits per heavy atom. The first-order chi connectivity index (χ1) is 10.2. The van der Waals surface area contributed by atoms with Crippen LogP contribution in [-0.4, -0.2) is 19.7 Å². The average molecular weight is 301 g/mol. The van der Waals surface area contributed by atoms with Gasteiger partial charge >= 0.3 is 0 Å². The molecule has 0 aliphatic rings. The standard InChI is InChI=1S/C15H19N5S/c1-4-11-6-12-14(17-9-18-15(12)21-11)16-7-10-8-20(3)19-13(10)5-2/h6,8-9H,4-5,7H2,1-3H3,(H,16,17,18). The second-order valence-corrected chi connectivity index (χ2v) is 6.10. The largest absolute Gasteiger partial charge is 0.365 e. The molecule has 3 rings (SSSR count). The fraction of sp³-hybridized carbons (Fsp3) is 0.400. The molecule has 0 aromatic carbocycles. The van der Waals surface area contributed by atoms with E-state index in [-0.39, 0.29) is 0 Å². The van der Waals surface area contributed by atoms with Crippen LogP contribution in [0.4, 0.5) is 5.82 Å². The van der Waals surface area contributed by atoms with Crippen molar-refractivity contribution in [1.29, 1.82) is 0 Å². The van der Waals surface area contributed by atoms with Crippen LogP contribution in [0, 0.1) is 0 Å². The van der Waals surface area contributed by atoms with Crippen LogP contribution in [0.15, 0.2) is 18.6 Å². The number of anilines is 1. The lowest BCUT2D eigenvalue weighted by atomic mass is 10.2. The zero-order valence-electron chi connectivity index (χ0n) is 12.6. The highest BCUT2D eigenvalue weighted by molar-refractivity contribution is 7.18. The fourth-order valence-corrected chi connectivity index (χ4v) is 3.36. The molecule has 0 saturated carbocycles. The Morgan fingerprint density at radius 2 is 2.10 bits per heavy atom. The minimum Gasteiger partial charge on any atom is -0.365 e. The summed E-state index contributed by atoms with van der Waals surface area (Å²) < 4.78 is 1.87. The summed E-state index contributed by atoms with van der Waals surface area (Å²) in [7, 11) is 1.96. The van der Waals surface area contributed by atoms with E-state index in [9.17, 15) is 0 Å². The molecule has 0 aliphatic heterocycles. The van der Waals surface area contributed by atoms with E-state index in [0.29, 0.717) is 0 Å². The molecular weight excluding hydrogens is 282 g/mol. The van der Waals surface area contributed by atoms with E-state index in [1.807, 2.05) is 11.7 Å². The molecule has 0 radical (unpaired) electrons. The number of aryl methyl sites for hydroxylation is 3. The lowest BCUT2D eigenvalue weighted by Gasteiger charge is -2.05. The summed E-state index contributed by atoms with van der Waals surface area (Å²) in [6, 6.07) is 2.19. The zero-order valence-corrected chi connectivity index (χ0v) is 13.4. The molecule has 21 heavy (non-hydrogen) atoms. The minimum atomic E-state index is 0.737. The van der Waals surface area contributed by atoms with Gasteiger partial charge in [-0.05, 0) is 18.9 Å². The summed E-state index contributed by atoms with van der Waals surface area (Å²) in [5.74, 6) is 0.904. The van der Waals surface area contributed by atoms with Crippen LogP contribution in [0.1, 0.15) is 30.0 Å². The van der Waals surface area contributed by atoms with Gasteiger partial charge in [0.2, 0.25) is 0 Å². The molecule has 0 aliphatic carbocycles. The van der Waals surface area contributed by atoms with Gasteiger partial charge < -0.3 is 5.32 Å². The Hall–Kier alpha value is -1.95. The van der Waals surface area contributed by atoms with Crippen molar-refractivity contribution >= 4 is 27.4 Å². The highest BCUT2D eigenvalue weighted by Crippen LogP contribution is 2.28. The molecule has 5 nitrogen and oxygen atoms in total. The topological polar surface area (TPSA) is 55.6 Å². The maximum Gasteiger partial charge on any atom is 0.138 e. The highest BCUT2D eigenvalue weighted by atomic mass is 32.1. The smallest absolute Gasteiger partial charge is 0.138 e. The number of fused-ring (bicyclic) bond motifs is 1. The Labute approximate surface area is 128 Å². The highest BCUT2D eigenvalue weighted by Gasteiger charge is 2.10. The average Bonchev–Trinajstić information content (AvgIpc) is 3.07. The maximum absolute atomic E-state index is 4.47. The van der Waals surface area contributed by atoms with E-state index in [1.165, 1.54) is 10.4 Å². The summed E-state index contributed by atoms with van der Waals surface area (Å²) in [6.07, 6.45) is 5.67. The van der Waals surface area contributed by atoms with Crippen LogP contribution in [0.3, 0.4) is 0 Å². The van der Waals surface area contributed by atoms with Gasteiger partial charge in [-0.1, -0.05) is 13.8 Å². The van der Waals surface area contributed by atoms with Crippen molar-refractivity contribution < 1.29 is 0 Å². The molecule has 1 N–H and O–H groups in total. The third kappa shape index (κ3) is 2.76. The minimum absolute atomic E-state index is 0.737. The number of aromatic nitrogens is 4. The summed E-state index contributed by atoms with van der Waals surface area (Å²) in [4.78, 5) is 11.1. The molecule has 110 valence electrons. The summed E-state index contributed by atoms with van der Waals surface area (Å²) in [6.45, 7) is 5.02. The van der Waals surface area contributed by atoms with E-state index in [1.54, 1.807) is 17.7 Å². The number of nitrogens with zero attached hydrogens (tertiary/aromatic N) is 4. The number of hydrogen-bond acceptors (Lipinski definition) is 5. The van der Waals surface area contributed by atoms with Crippen molar-refractivity contribution in [3.63, 3.8) is 0 Å². The molecule has 0 unspecified atom stereocenters. The molecule has 0 saturated heterocycles. The summed E-state index contributed by atoms with van der Waals surface area (Å²) >= 11 is 1.74. The van der Waals surface area contributed by atoms with Gasteiger partial charge in [-0.2, -0.15) is 5.10 Å². The normalized spacial score (nSPS) is 11.2.